The number of halogens is 1. The van der Waals surface area contributed by atoms with Crippen molar-refractivity contribution in [2.45, 2.75) is 40.0 Å². The summed E-state index contributed by atoms with van der Waals surface area (Å²) in [5.41, 5.74) is 2.28. The maximum atomic E-state index is 5.85. The Morgan fingerprint density at radius 3 is 2.61 bits per heavy atom. The number of hydrogen-bond donors (Lipinski definition) is 2. The van der Waals surface area contributed by atoms with Crippen LogP contribution in [-0.2, 0) is 26.1 Å². The summed E-state index contributed by atoms with van der Waals surface area (Å²) in [4.78, 5) is 4.72. The average molecular weight is 534 g/mol. The van der Waals surface area contributed by atoms with Crippen molar-refractivity contribution in [1.82, 2.24) is 25.4 Å². The van der Waals surface area contributed by atoms with Crippen molar-refractivity contribution < 1.29 is 4.74 Å². The number of nitrogens with one attached hydrogen (secondary N) is 2. The minimum atomic E-state index is 0. The van der Waals surface area contributed by atoms with E-state index in [1.807, 2.05) is 36.4 Å². The van der Waals surface area contributed by atoms with Crippen LogP contribution in [0.25, 0.3) is 0 Å². The molecule has 31 heavy (non-hydrogen) atoms. The molecule has 2 N–H and O–H groups in total. The molecular weight excluding hydrogens is 503 g/mol. The van der Waals surface area contributed by atoms with Gasteiger partial charge in [-0.2, -0.15) is 0 Å². The lowest BCUT2D eigenvalue weighted by molar-refractivity contribution is 0.306. The largest absolute Gasteiger partial charge is 0.489 e. The Hall–Kier alpha value is -2.62. The minimum absolute atomic E-state index is 0. The van der Waals surface area contributed by atoms with Gasteiger partial charge in [0.2, 0.25) is 0 Å². The van der Waals surface area contributed by atoms with Crippen LogP contribution in [0.4, 0.5) is 0 Å². The number of benzene rings is 2. The van der Waals surface area contributed by atoms with Crippen molar-refractivity contribution in [2.75, 3.05) is 13.1 Å². The fourth-order valence-corrected chi connectivity index (χ4v) is 3.05. The van der Waals surface area contributed by atoms with Crippen molar-refractivity contribution in [3.63, 3.8) is 0 Å². The van der Waals surface area contributed by atoms with Crippen molar-refractivity contribution in [1.29, 1.82) is 0 Å². The number of para-hydroxylation sites is 1. The molecule has 0 atom stereocenters. The van der Waals surface area contributed by atoms with Crippen molar-refractivity contribution >= 4 is 29.9 Å². The molecule has 0 spiro atoms. The Morgan fingerprint density at radius 2 is 1.84 bits per heavy atom. The second-order valence-corrected chi connectivity index (χ2v) is 6.84. The number of aryl methyl sites for hydroxylation is 1. The van der Waals surface area contributed by atoms with Crippen LogP contribution in [0.15, 0.2) is 65.9 Å². The summed E-state index contributed by atoms with van der Waals surface area (Å²) in [6.07, 6.45) is 2.64. The van der Waals surface area contributed by atoms with Crippen LogP contribution in [-0.4, -0.2) is 33.8 Å². The van der Waals surface area contributed by atoms with E-state index in [2.05, 4.69) is 57.4 Å². The van der Waals surface area contributed by atoms with Crippen LogP contribution >= 0.6 is 24.0 Å². The van der Waals surface area contributed by atoms with E-state index in [1.54, 1.807) is 6.33 Å². The zero-order valence-corrected chi connectivity index (χ0v) is 20.5. The van der Waals surface area contributed by atoms with Gasteiger partial charge in [-0.15, -0.1) is 34.2 Å². The third-order valence-corrected chi connectivity index (χ3v) is 4.56. The standard InChI is InChI=1S/C23H30N6O.HI/c1-3-22-28-27-18-29(22)14-13-25-23(24-4-2)26-16-19-9-8-10-20(15-19)17-30-21-11-6-5-7-12-21;/h5-12,15,18H,3-4,13-14,16-17H2,1-2H3,(H2,24,25,26);1H. The molecule has 3 rings (SSSR count). The third kappa shape index (κ3) is 8.20. The molecule has 0 unspecified atom stereocenters. The highest BCUT2D eigenvalue weighted by Crippen LogP contribution is 2.13. The second-order valence-electron chi connectivity index (χ2n) is 6.84. The first-order valence-electron chi connectivity index (χ1n) is 10.4. The summed E-state index contributed by atoms with van der Waals surface area (Å²) in [5, 5.41) is 14.8. The van der Waals surface area contributed by atoms with Crippen LogP contribution in [0.3, 0.4) is 0 Å². The fraction of sp³-hybridized carbons (Fsp3) is 0.348. The van der Waals surface area contributed by atoms with E-state index in [-0.39, 0.29) is 24.0 Å². The van der Waals surface area contributed by atoms with Gasteiger partial charge >= 0.3 is 0 Å². The molecule has 0 radical (unpaired) electrons. The molecular formula is C23H31IN6O. The van der Waals surface area contributed by atoms with Gasteiger partial charge in [0.05, 0.1) is 6.54 Å². The molecule has 0 amide bonds. The third-order valence-electron chi connectivity index (χ3n) is 4.56. The molecule has 7 nitrogen and oxygen atoms in total. The molecule has 1 aromatic heterocycles. The highest BCUT2D eigenvalue weighted by molar-refractivity contribution is 14.0. The second kappa shape index (κ2) is 13.6. The van der Waals surface area contributed by atoms with Gasteiger partial charge in [-0.25, -0.2) is 4.99 Å². The van der Waals surface area contributed by atoms with Gasteiger partial charge in [0.25, 0.3) is 0 Å². The zero-order valence-electron chi connectivity index (χ0n) is 18.1. The summed E-state index contributed by atoms with van der Waals surface area (Å²) >= 11 is 0. The Labute approximate surface area is 201 Å². The summed E-state index contributed by atoms with van der Waals surface area (Å²) in [6.45, 7) is 7.64. The van der Waals surface area contributed by atoms with E-state index in [0.717, 1.165) is 54.7 Å². The van der Waals surface area contributed by atoms with E-state index in [9.17, 15) is 0 Å². The van der Waals surface area contributed by atoms with Crippen molar-refractivity contribution in [2.24, 2.45) is 4.99 Å². The summed E-state index contributed by atoms with van der Waals surface area (Å²) < 4.78 is 7.91. The van der Waals surface area contributed by atoms with Gasteiger partial charge in [-0.1, -0.05) is 49.4 Å². The normalized spacial score (nSPS) is 11.0. The predicted molar refractivity (Wildman–Crippen MR) is 135 cm³/mol. The Bertz CT molecular complexity index is 929. The van der Waals surface area contributed by atoms with Crippen LogP contribution in [0.2, 0.25) is 0 Å². The molecule has 0 aliphatic heterocycles. The number of ether oxygens (including phenoxy) is 1. The van der Waals surface area contributed by atoms with E-state index in [4.69, 9.17) is 9.73 Å². The monoisotopic (exact) mass is 534 g/mol. The first kappa shape index (κ1) is 24.6. The van der Waals surface area contributed by atoms with Gasteiger partial charge in [0.15, 0.2) is 5.96 Å². The number of nitrogens with zero attached hydrogens (tertiary/aromatic N) is 4. The fourth-order valence-electron chi connectivity index (χ4n) is 3.05. The molecule has 166 valence electrons. The maximum Gasteiger partial charge on any atom is 0.191 e. The van der Waals surface area contributed by atoms with E-state index in [1.165, 1.54) is 0 Å². The highest BCUT2D eigenvalue weighted by atomic mass is 127. The lowest BCUT2D eigenvalue weighted by atomic mass is 10.1. The molecule has 1 heterocycles. The molecule has 0 aliphatic rings. The van der Waals surface area contributed by atoms with Crippen molar-refractivity contribution in [3.8, 4) is 5.75 Å². The van der Waals surface area contributed by atoms with Gasteiger partial charge in [-0.3, -0.25) is 0 Å². The van der Waals surface area contributed by atoms with E-state index >= 15 is 0 Å². The maximum absolute atomic E-state index is 5.85. The number of aromatic nitrogens is 3. The number of rotatable bonds is 10. The van der Waals surface area contributed by atoms with Crippen LogP contribution in [0, 0.1) is 0 Å². The first-order valence-corrected chi connectivity index (χ1v) is 10.4. The number of guanidine groups is 1. The predicted octanol–water partition coefficient (Wildman–Crippen LogP) is 3.79. The molecule has 2 aromatic carbocycles. The molecule has 0 saturated heterocycles. The first-order chi connectivity index (χ1) is 14.8. The highest BCUT2D eigenvalue weighted by Gasteiger charge is 2.03. The smallest absolute Gasteiger partial charge is 0.191 e. The van der Waals surface area contributed by atoms with Gasteiger partial charge in [0, 0.05) is 26.1 Å². The summed E-state index contributed by atoms with van der Waals surface area (Å²) in [7, 11) is 0. The van der Waals surface area contributed by atoms with Crippen LogP contribution in [0.5, 0.6) is 5.75 Å². The average Bonchev–Trinajstić information content (AvgIpc) is 3.24. The SMILES string of the molecule is CCNC(=NCc1cccc(COc2ccccc2)c1)NCCn1cnnc1CC.I. The Balaban J connectivity index is 0.00000341. The molecule has 0 aliphatic carbocycles. The number of aliphatic imine (C=N–C) groups is 1. The van der Waals surface area contributed by atoms with E-state index in [0.29, 0.717) is 13.2 Å². The van der Waals surface area contributed by atoms with Crippen molar-refractivity contribution in [3.05, 3.63) is 77.9 Å². The lowest BCUT2D eigenvalue weighted by Crippen LogP contribution is -2.38. The summed E-state index contributed by atoms with van der Waals surface area (Å²) in [5.74, 6) is 2.67. The van der Waals surface area contributed by atoms with E-state index < -0.39 is 0 Å². The quantitative estimate of drug-likeness (QED) is 0.235. The molecule has 0 fully saturated rings. The number of hydrogen-bond acceptors (Lipinski definition) is 4. The lowest BCUT2D eigenvalue weighted by Gasteiger charge is -2.12. The topological polar surface area (TPSA) is 76.4 Å². The van der Waals surface area contributed by atoms with Gasteiger partial charge in [-0.05, 0) is 30.2 Å². The molecule has 0 saturated carbocycles. The van der Waals surface area contributed by atoms with Crippen LogP contribution in [0.1, 0.15) is 30.8 Å². The minimum Gasteiger partial charge on any atom is -0.489 e. The Kier molecular flexibility index (Phi) is 10.8. The molecule has 3 aromatic rings. The molecule has 8 heteroatoms. The summed E-state index contributed by atoms with van der Waals surface area (Å²) in [6, 6.07) is 18.2. The Morgan fingerprint density at radius 1 is 1.03 bits per heavy atom. The zero-order chi connectivity index (χ0) is 21.0. The molecule has 0 bridgehead atoms. The van der Waals surface area contributed by atoms with Crippen LogP contribution < -0.4 is 15.4 Å². The van der Waals surface area contributed by atoms with Gasteiger partial charge < -0.3 is 19.9 Å². The van der Waals surface area contributed by atoms with Gasteiger partial charge in [0.1, 0.15) is 24.5 Å².